The van der Waals surface area contributed by atoms with Crippen LogP contribution in [0.4, 0.5) is 13.2 Å². The highest BCUT2D eigenvalue weighted by Crippen LogP contribution is 2.57. The number of benzene rings is 2. The molecule has 11 heteroatoms. The molecule has 6 nitrogen and oxygen atoms in total. The van der Waals surface area contributed by atoms with Crippen LogP contribution in [0.15, 0.2) is 41.5 Å². The van der Waals surface area contributed by atoms with Crippen molar-refractivity contribution in [1.82, 2.24) is 5.01 Å². The van der Waals surface area contributed by atoms with Gasteiger partial charge in [0, 0.05) is 24.2 Å². The average Bonchev–Trinajstić information content (AvgIpc) is 3.22. The maximum Gasteiger partial charge on any atom is 0.270 e. The molecule has 2 aromatic rings. The molecule has 0 aliphatic carbocycles. The summed E-state index contributed by atoms with van der Waals surface area (Å²) in [6.07, 6.45) is 1.24. The van der Waals surface area contributed by atoms with Gasteiger partial charge in [-0.25, -0.2) is 18.2 Å². The summed E-state index contributed by atoms with van der Waals surface area (Å²) in [7, 11) is 1.91. The molecule has 2 unspecified atom stereocenters. The van der Waals surface area contributed by atoms with E-state index in [1.807, 2.05) is 0 Å². The first-order valence-corrected chi connectivity index (χ1v) is 12.8. The van der Waals surface area contributed by atoms with E-state index in [0.717, 1.165) is 35.3 Å². The van der Waals surface area contributed by atoms with Gasteiger partial charge in [-0.3, -0.25) is 4.79 Å². The number of ether oxygens (including phenoxy) is 2. The van der Waals surface area contributed by atoms with Crippen LogP contribution in [-0.2, 0) is 19.1 Å². The van der Waals surface area contributed by atoms with Gasteiger partial charge in [0.25, 0.3) is 5.91 Å². The number of methoxy groups -OCH3 is 1. The van der Waals surface area contributed by atoms with Crippen LogP contribution in [0.2, 0.25) is 0 Å². The number of hydrogen-bond acceptors (Lipinski definition) is 6. The van der Waals surface area contributed by atoms with Crippen LogP contribution in [0, 0.1) is 23.4 Å². The van der Waals surface area contributed by atoms with Crippen molar-refractivity contribution in [3.8, 4) is 0 Å². The standard InChI is InChI=1S/C23H25F3N3O3PS/c1-31-8-9-32-12-21(30)29-23(34-22(28-29)17-10-15(24)2-4-19(17)26)14(6-7-27)13-33-20-5-3-16(25)11-18(20)23/h2-5,10-11,14,33H,6-9,12-13,27H2,1H3/t14?,23-/m0/s1. The van der Waals surface area contributed by atoms with Gasteiger partial charge in [0.2, 0.25) is 0 Å². The molecule has 34 heavy (non-hydrogen) atoms. The van der Waals surface area contributed by atoms with E-state index in [-0.39, 0.29) is 29.7 Å². The van der Waals surface area contributed by atoms with Crippen molar-refractivity contribution in [1.29, 1.82) is 0 Å². The number of carbonyl (C=O) groups is 1. The Bertz CT molecular complexity index is 1110. The number of nitrogens with zero attached hydrogens (tertiary/aromatic N) is 2. The first-order valence-electron chi connectivity index (χ1n) is 10.8. The van der Waals surface area contributed by atoms with Crippen LogP contribution >= 0.6 is 20.3 Å². The van der Waals surface area contributed by atoms with Gasteiger partial charge in [0.15, 0.2) is 0 Å². The van der Waals surface area contributed by atoms with E-state index >= 15 is 0 Å². The smallest absolute Gasteiger partial charge is 0.270 e. The molecule has 1 amide bonds. The zero-order chi connectivity index (χ0) is 24.3. The molecule has 0 saturated carbocycles. The van der Waals surface area contributed by atoms with Gasteiger partial charge < -0.3 is 15.2 Å². The summed E-state index contributed by atoms with van der Waals surface area (Å²) >= 11 is 1.14. The van der Waals surface area contributed by atoms with E-state index < -0.39 is 28.2 Å². The molecule has 0 aromatic heterocycles. The summed E-state index contributed by atoms with van der Waals surface area (Å²) < 4.78 is 53.6. The molecule has 0 saturated heterocycles. The van der Waals surface area contributed by atoms with Gasteiger partial charge in [-0.05, 0) is 54.8 Å². The third-order valence-corrected chi connectivity index (χ3v) is 8.83. The Morgan fingerprint density at radius 3 is 2.76 bits per heavy atom. The van der Waals surface area contributed by atoms with Crippen LogP contribution in [0.1, 0.15) is 17.5 Å². The molecule has 2 aliphatic rings. The Kier molecular flexibility index (Phi) is 7.94. The Hall–Kier alpha value is -1.97. The Morgan fingerprint density at radius 1 is 1.24 bits per heavy atom. The third kappa shape index (κ3) is 4.75. The van der Waals surface area contributed by atoms with E-state index in [1.54, 1.807) is 6.07 Å². The Morgan fingerprint density at radius 2 is 2.00 bits per heavy atom. The molecule has 0 radical (unpaired) electrons. The molecule has 3 atom stereocenters. The number of thioether (sulfide) groups is 1. The van der Waals surface area contributed by atoms with Crippen molar-refractivity contribution in [3.63, 3.8) is 0 Å². The van der Waals surface area contributed by atoms with Crippen molar-refractivity contribution in [2.24, 2.45) is 16.8 Å². The van der Waals surface area contributed by atoms with Gasteiger partial charge in [-0.1, -0.05) is 26.4 Å². The maximum absolute atomic E-state index is 14.7. The SMILES string of the molecule is COCCOCC(=O)N1N=C(c2cc(F)ccc2F)S[C@@]12c1cc(F)ccc1PCC2CCN. The number of hydrogen-bond donors (Lipinski definition) is 1. The number of fused-ring (bicyclic) bond motifs is 2. The van der Waals surface area contributed by atoms with E-state index in [4.69, 9.17) is 15.2 Å². The fraction of sp³-hybridized carbons (Fsp3) is 0.391. The lowest BCUT2D eigenvalue weighted by Crippen LogP contribution is -2.53. The largest absolute Gasteiger partial charge is 0.382 e. The second kappa shape index (κ2) is 10.7. The number of rotatable bonds is 8. The lowest BCUT2D eigenvalue weighted by Gasteiger charge is -2.45. The van der Waals surface area contributed by atoms with Crippen molar-refractivity contribution in [2.75, 3.05) is 39.6 Å². The highest BCUT2D eigenvalue weighted by Gasteiger charge is 2.56. The molecule has 1 spiro atoms. The van der Waals surface area contributed by atoms with Crippen molar-refractivity contribution >= 4 is 36.6 Å². The second-order valence-corrected chi connectivity index (χ2v) is 10.4. The zero-order valence-electron chi connectivity index (χ0n) is 18.5. The predicted molar refractivity (Wildman–Crippen MR) is 128 cm³/mol. The molecule has 0 bridgehead atoms. The zero-order valence-corrected chi connectivity index (χ0v) is 20.3. The van der Waals surface area contributed by atoms with E-state index in [2.05, 4.69) is 5.10 Å². The van der Waals surface area contributed by atoms with Crippen molar-refractivity contribution < 1.29 is 27.4 Å². The number of nitrogens with two attached hydrogens (primary N) is 1. The lowest BCUT2D eigenvalue weighted by molar-refractivity contribution is -0.141. The van der Waals surface area contributed by atoms with Crippen LogP contribution < -0.4 is 11.0 Å². The molecule has 2 aromatic carbocycles. The summed E-state index contributed by atoms with van der Waals surface area (Å²) in [4.78, 5) is 12.2. The maximum atomic E-state index is 14.7. The van der Waals surface area contributed by atoms with Gasteiger partial charge in [0.05, 0.1) is 13.2 Å². The molecule has 0 fully saturated rings. The summed E-state index contributed by atoms with van der Waals surface area (Å²) in [6, 6.07) is 7.59. The minimum atomic E-state index is -1.15. The van der Waals surface area contributed by atoms with Crippen molar-refractivity contribution in [3.05, 3.63) is 65.0 Å². The van der Waals surface area contributed by atoms with Gasteiger partial charge in [-0.15, -0.1) is 0 Å². The number of amides is 1. The molecule has 2 aliphatic heterocycles. The monoisotopic (exact) mass is 511 g/mol. The summed E-state index contributed by atoms with van der Waals surface area (Å²) in [5, 5.41) is 6.80. The topological polar surface area (TPSA) is 77.2 Å². The van der Waals surface area contributed by atoms with Gasteiger partial charge >= 0.3 is 0 Å². The molecule has 2 heterocycles. The third-order valence-electron chi connectivity index (χ3n) is 5.79. The molecular weight excluding hydrogens is 486 g/mol. The minimum Gasteiger partial charge on any atom is -0.382 e. The Labute approximate surface area is 201 Å². The summed E-state index contributed by atoms with van der Waals surface area (Å²) in [6.45, 7) is 0.555. The second-order valence-electron chi connectivity index (χ2n) is 7.92. The number of carbonyl (C=O) groups excluding carboxylic acids is 1. The lowest BCUT2D eigenvalue weighted by atomic mass is 9.89. The van der Waals surface area contributed by atoms with Crippen LogP contribution in [0.5, 0.6) is 0 Å². The molecule has 2 N–H and O–H groups in total. The predicted octanol–water partition coefficient (Wildman–Crippen LogP) is 3.14. The minimum absolute atomic E-state index is 0.0579. The van der Waals surface area contributed by atoms with Crippen molar-refractivity contribution in [2.45, 2.75) is 11.3 Å². The Balaban J connectivity index is 1.83. The fourth-order valence-corrected chi connectivity index (χ4v) is 7.65. The number of halogens is 3. The number of hydrazone groups is 1. The summed E-state index contributed by atoms with van der Waals surface area (Å²) in [5.41, 5.74) is 6.46. The van der Waals surface area contributed by atoms with E-state index in [1.165, 1.54) is 24.3 Å². The molecular formula is C23H25F3N3O3PS. The highest BCUT2D eigenvalue weighted by molar-refractivity contribution is 8.15. The molecule has 182 valence electrons. The fourth-order valence-electron chi connectivity index (χ4n) is 4.23. The first kappa shape index (κ1) is 25.1. The van der Waals surface area contributed by atoms with Crippen LogP contribution in [0.25, 0.3) is 0 Å². The highest BCUT2D eigenvalue weighted by atomic mass is 32.2. The van der Waals surface area contributed by atoms with Crippen LogP contribution in [0.3, 0.4) is 0 Å². The first-order chi connectivity index (χ1) is 16.4. The molecule has 4 rings (SSSR count). The quantitative estimate of drug-likeness (QED) is 0.436. The van der Waals surface area contributed by atoms with Gasteiger partial charge in [-0.2, -0.15) is 5.10 Å². The normalized spacial score (nSPS) is 22.3. The summed E-state index contributed by atoms with van der Waals surface area (Å²) in [5.74, 6) is -2.41. The van der Waals surface area contributed by atoms with Gasteiger partial charge in [0.1, 0.15) is 34.0 Å². The van der Waals surface area contributed by atoms with Crippen LogP contribution in [-0.4, -0.2) is 55.6 Å². The van der Waals surface area contributed by atoms with E-state index in [9.17, 15) is 18.0 Å². The average molecular weight is 512 g/mol. The van der Waals surface area contributed by atoms with E-state index in [0.29, 0.717) is 39.9 Å².